The van der Waals surface area contributed by atoms with E-state index in [9.17, 15) is 0 Å². The molecular formula is C13H14BrN3O. The van der Waals surface area contributed by atoms with E-state index >= 15 is 0 Å². The highest BCUT2D eigenvalue weighted by atomic mass is 79.9. The monoisotopic (exact) mass is 307 g/mol. The minimum atomic E-state index is 0.595. The lowest BCUT2D eigenvalue weighted by atomic mass is 10.2. The van der Waals surface area contributed by atoms with Crippen molar-refractivity contribution in [1.82, 2.24) is 9.97 Å². The molecule has 0 atom stereocenters. The molecule has 1 fully saturated rings. The highest BCUT2D eigenvalue weighted by Crippen LogP contribution is 2.40. The van der Waals surface area contributed by atoms with Crippen LogP contribution in [0.5, 0.6) is 0 Å². The molecule has 1 saturated carbocycles. The summed E-state index contributed by atoms with van der Waals surface area (Å²) in [5.74, 6) is 2.80. The standard InChI is InChI=1S/C13H14BrN3O/c1-2-15-11-7-10(8-3-4-8)16-13(17-11)12-9(14)5-6-18-12/h5-8H,2-4H2,1H3,(H,15,16,17). The Labute approximate surface area is 114 Å². The molecule has 0 aliphatic heterocycles. The molecule has 3 rings (SSSR count). The number of hydrogen-bond donors (Lipinski definition) is 1. The van der Waals surface area contributed by atoms with Crippen LogP contribution in [0.25, 0.3) is 11.6 Å². The first-order valence-electron chi connectivity index (χ1n) is 6.14. The fourth-order valence-electron chi connectivity index (χ4n) is 1.88. The number of aromatic nitrogens is 2. The Morgan fingerprint density at radius 1 is 1.44 bits per heavy atom. The number of hydrogen-bond acceptors (Lipinski definition) is 4. The minimum absolute atomic E-state index is 0.595. The molecule has 0 unspecified atom stereocenters. The second-order valence-electron chi connectivity index (χ2n) is 4.40. The van der Waals surface area contributed by atoms with Crippen molar-refractivity contribution in [3.05, 3.63) is 28.6 Å². The maximum absolute atomic E-state index is 5.44. The molecule has 0 amide bonds. The van der Waals surface area contributed by atoms with Gasteiger partial charge in [0.2, 0.25) is 0 Å². The molecule has 1 N–H and O–H groups in total. The lowest BCUT2D eigenvalue weighted by Crippen LogP contribution is -2.03. The molecule has 2 aromatic rings. The smallest absolute Gasteiger partial charge is 0.199 e. The van der Waals surface area contributed by atoms with E-state index in [-0.39, 0.29) is 0 Å². The number of nitrogens with zero attached hydrogens (tertiary/aromatic N) is 2. The van der Waals surface area contributed by atoms with Gasteiger partial charge in [-0.2, -0.15) is 0 Å². The first kappa shape index (κ1) is 11.7. The number of halogens is 1. The zero-order valence-corrected chi connectivity index (χ0v) is 11.7. The third kappa shape index (κ3) is 2.27. The summed E-state index contributed by atoms with van der Waals surface area (Å²) >= 11 is 3.45. The molecule has 4 nitrogen and oxygen atoms in total. The summed E-state index contributed by atoms with van der Waals surface area (Å²) < 4.78 is 6.33. The van der Waals surface area contributed by atoms with E-state index in [4.69, 9.17) is 4.42 Å². The summed E-state index contributed by atoms with van der Waals surface area (Å²) in [7, 11) is 0. The van der Waals surface area contributed by atoms with Crippen molar-refractivity contribution < 1.29 is 4.42 Å². The van der Waals surface area contributed by atoms with Gasteiger partial charge in [0.15, 0.2) is 11.6 Å². The Morgan fingerprint density at radius 3 is 2.89 bits per heavy atom. The van der Waals surface area contributed by atoms with Crippen LogP contribution in [0.15, 0.2) is 27.3 Å². The Morgan fingerprint density at radius 2 is 2.28 bits per heavy atom. The molecule has 5 heteroatoms. The molecule has 0 saturated heterocycles. The van der Waals surface area contributed by atoms with Crippen LogP contribution in [0.4, 0.5) is 5.82 Å². The van der Waals surface area contributed by atoms with E-state index < -0.39 is 0 Å². The van der Waals surface area contributed by atoms with Gasteiger partial charge in [-0.25, -0.2) is 9.97 Å². The molecular weight excluding hydrogens is 294 g/mol. The van der Waals surface area contributed by atoms with Crippen LogP contribution in [0.1, 0.15) is 31.4 Å². The fourth-order valence-corrected chi connectivity index (χ4v) is 2.26. The SMILES string of the molecule is CCNc1cc(C2CC2)nc(-c2occc2Br)n1. The lowest BCUT2D eigenvalue weighted by Gasteiger charge is -2.07. The summed E-state index contributed by atoms with van der Waals surface area (Å²) in [6.45, 7) is 2.90. The Balaban J connectivity index is 2.04. The molecule has 1 aliphatic carbocycles. The van der Waals surface area contributed by atoms with E-state index in [0.717, 1.165) is 22.5 Å². The molecule has 94 valence electrons. The van der Waals surface area contributed by atoms with Gasteiger partial charge in [0.25, 0.3) is 0 Å². The van der Waals surface area contributed by atoms with Gasteiger partial charge in [0, 0.05) is 24.2 Å². The van der Waals surface area contributed by atoms with Crippen LogP contribution in [0.2, 0.25) is 0 Å². The third-order valence-corrected chi connectivity index (χ3v) is 3.54. The number of furan rings is 1. The first-order valence-corrected chi connectivity index (χ1v) is 6.93. The lowest BCUT2D eigenvalue weighted by molar-refractivity contribution is 0.575. The predicted molar refractivity (Wildman–Crippen MR) is 73.6 cm³/mol. The average molecular weight is 308 g/mol. The second-order valence-corrected chi connectivity index (χ2v) is 5.26. The van der Waals surface area contributed by atoms with Crippen molar-refractivity contribution >= 4 is 21.7 Å². The maximum atomic E-state index is 5.44. The molecule has 2 aromatic heterocycles. The first-order chi connectivity index (χ1) is 8.78. The van der Waals surface area contributed by atoms with E-state index in [1.807, 2.05) is 12.1 Å². The average Bonchev–Trinajstić information content (AvgIpc) is 3.12. The minimum Gasteiger partial charge on any atom is -0.460 e. The maximum Gasteiger partial charge on any atom is 0.199 e. The molecule has 0 aromatic carbocycles. The van der Waals surface area contributed by atoms with Crippen molar-refractivity contribution in [1.29, 1.82) is 0 Å². The Bertz CT molecular complexity index is 563. The molecule has 0 spiro atoms. The Kier molecular flexibility index (Phi) is 3.07. The summed E-state index contributed by atoms with van der Waals surface area (Å²) in [6.07, 6.45) is 4.09. The quantitative estimate of drug-likeness (QED) is 0.933. The van der Waals surface area contributed by atoms with Crippen molar-refractivity contribution in [2.45, 2.75) is 25.7 Å². The van der Waals surface area contributed by atoms with Gasteiger partial charge in [0.1, 0.15) is 5.82 Å². The number of rotatable bonds is 4. The molecule has 0 bridgehead atoms. The third-order valence-electron chi connectivity index (χ3n) is 2.92. The van der Waals surface area contributed by atoms with Crippen LogP contribution in [-0.2, 0) is 0 Å². The molecule has 1 aliphatic rings. The largest absolute Gasteiger partial charge is 0.460 e. The number of nitrogens with one attached hydrogen (secondary N) is 1. The van der Waals surface area contributed by atoms with Crippen LogP contribution in [0, 0.1) is 0 Å². The van der Waals surface area contributed by atoms with Gasteiger partial charge < -0.3 is 9.73 Å². The van der Waals surface area contributed by atoms with Gasteiger partial charge >= 0.3 is 0 Å². The predicted octanol–water partition coefficient (Wildman–Crippen LogP) is 3.81. The summed E-state index contributed by atoms with van der Waals surface area (Å²) in [4.78, 5) is 9.10. The van der Waals surface area contributed by atoms with Crippen LogP contribution < -0.4 is 5.32 Å². The topological polar surface area (TPSA) is 51.0 Å². The van der Waals surface area contributed by atoms with E-state index in [2.05, 4.69) is 38.1 Å². The van der Waals surface area contributed by atoms with Gasteiger partial charge in [0.05, 0.1) is 10.7 Å². The summed E-state index contributed by atoms with van der Waals surface area (Å²) in [6, 6.07) is 3.90. The van der Waals surface area contributed by atoms with Crippen molar-refractivity contribution in [3.63, 3.8) is 0 Å². The van der Waals surface area contributed by atoms with E-state index in [1.165, 1.54) is 12.8 Å². The van der Waals surface area contributed by atoms with Crippen molar-refractivity contribution in [3.8, 4) is 11.6 Å². The second kappa shape index (κ2) is 4.72. The molecule has 2 heterocycles. The number of anilines is 1. The highest BCUT2D eigenvalue weighted by molar-refractivity contribution is 9.10. The molecule has 18 heavy (non-hydrogen) atoms. The van der Waals surface area contributed by atoms with Gasteiger partial charge in [-0.05, 0) is 41.8 Å². The van der Waals surface area contributed by atoms with E-state index in [0.29, 0.717) is 17.5 Å². The highest BCUT2D eigenvalue weighted by Gasteiger charge is 2.27. The van der Waals surface area contributed by atoms with Gasteiger partial charge in [-0.1, -0.05) is 0 Å². The normalized spacial score (nSPS) is 14.8. The van der Waals surface area contributed by atoms with Crippen LogP contribution >= 0.6 is 15.9 Å². The Hall–Kier alpha value is -1.36. The fraction of sp³-hybridized carbons (Fsp3) is 0.385. The molecule has 0 radical (unpaired) electrons. The summed E-state index contributed by atoms with van der Waals surface area (Å²) in [5.41, 5.74) is 1.11. The van der Waals surface area contributed by atoms with Crippen LogP contribution in [-0.4, -0.2) is 16.5 Å². The van der Waals surface area contributed by atoms with Crippen molar-refractivity contribution in [2.75, 3.05) is 11.9 Å². The van der Waals surface area contributed by atoms with Gasteiger partial charge in [-0.15, -0.1) is 0 Å². The zero-order valence-electron chi connectivity index (χ0n) is 10.1. The van der Waals surface area contributed by atoms with E-state index in [1.54, 1.807) is 6.26 Å². The van der Waals surface area contributed by atoms with Crippen molar-refractivity contribution in [2.24, 2.45) is 0 Å². The van der Waals surface area contributed by atoms with Gasteiger partial charge in [-0.3, -0.25) is 0 Å². The zero-order chi connectivity index (χ0) is 12.5. The van der Waals surface area contributed by atoms with Crippen LogP contribution in [0.3, 0.4) is 0 Å². The summed E-state index contributed by atoms with van der Waals surface area (Å²) in [5, 5.41) is 3.24.